The Morgan fingerprint density at radius 2 is 1.88 bits per heavy atom. The van der Waals surface area contributed by atoms with Crippen molar-refractivity contribution in [2.45, 2.75) is 18.1 Å². The van der Waals surface area contributed by atoms with E-state index in [9.17, 15) is 19.7 Å². The highest BCUT2D eigenvalue weighted by atomic mass is 35.5. The highest BCUT2D eigenvalue weighted by Gasteiger charge is 2.20. The van der Waals surface area contributed by atoms with Crippen LogP contribution in [0.15, 0.2) is 47.6 Å². The van der Waals surface area contributed by atoms with E-state index in [0.29, 0.717) is 21.7 Å². The lowest BCUT2D eigenvalue weighted by molar-refractivity contribution is -0.384. The van der Waals surface area contributed by atoms with Crippen LogP contribution in [-0.2, 0) is 11.8 Å². The molecule has 0 aliphatic heterocycles. The fraction of sp³-hybridized carbons (Fsp3) is 0.200. The van der Waals surface area contributed by atoms with Gasteiger partial charge in [0.1, 0.15) is 0 Å². The lowest BCUT2D eigenvalue weighted by Crippen LogP contribution is -2.28. The van der Waals surface area contributed by atoms with Gasteiger partial charge >= 0.3 is 0 Å². The van der Waals surface area contributed by atoms with Gasteiger partial charge in [0.2, 0.25) is 5.91 Å². The molecule has 172 valence electrons. The van der Waals surface area contributed by atoms with Gasteiger partial charge < -0.3 is 15.2 Å². The van der Waals surface area contributed by atoms with Gasteiger partial charge in [-0.25, -0.2) is 0 Å². The maximum absolute atomic E-state index is 12.5. The van der Waals surface area contributed by atoms with Gasteiger partial charge in [-0.05, 0) is 37.3 Å². The van der Waals surface area contributed by atoms with Crippen LogP contribution in [-0.4, -0.2) is 37.3 Å². The van der Waals surface area contributed by atoms with E-state index in [1.165, 1.54) is 36.4 Å². The number of non-ortho nitro benzene ring substituents is 1. The molecule has 10 nitrogen and oxygen atoms in total. The number of hydrogen-bond donors (Lipinski definition) is 2. The summed E-state index contributed by atoms with van der Waals surface area (Å²) in [4.78, 5) is 34.9. The lowest BCUT2D eigenvalue weighted by Gasteiger charge is -2.14. The second kappa shape index (κ2) is 10.6. The molecule has 33 heavy (non-hydrogen) atoms. The lowest BCUT2D eigenvalue weighted by atomic mass is 10.2. The monoisotopic (exact) mass is 508 g/mol. The summed E-state index contributed by atoms with van der Waals surface area (Å²) in [5, 5.41) is 25.5. The molecule has 3 rings (SSSR count). The average Bonchev–Trinajstić information content (AvgIpc) is 3.13. The van der Waals surface area contributed by atoms with Gasteiger partial charge in [-0.2, -0.15) is 0 Å². The normalized spacial score (nSPS) is 11.6. The van der Waals surface area contributed by atoms with Crippen LogP contribution in [0.1, 0.15) is 29.1 Å². The minimum atomic E-state index is -0.513. The summed E-state index contributed by atoms with van der Waals surface area (Å²) >= 11 is 13.1. The third-order valence-corrected chi connectivity index (χ3v) is 6.04. The molecular formula is C20H18Cl2N6O4S. The minimum absolute atomic E-state index is 0.0457. The smallest absolute Gasteiger partial charge is 0.269 e. The number of aromatic nitrogens is 3. The van der Waals surface area contributed by atoms with Crippen molar-refractivity contribution in [2.75, 3.05) is 11.1 Å². The van der Waals surface area contributed by atoms with Gasteiger partial charge in [0.05, 0.1) is 27.3 Å². The number of nitro groups is 1. The molecule has 0 saturated carbocycles. The van der Waals surface area contributed by atoms with Gasteiger partial charge in [-0.15, -0.1) is 10.2 Å². The molecule has 2 amide bonds. The van der Waals surface area contributed by atoms with Crippen LogP contribution < -0.4 is 10.6 Å². The van der Waals surface area contributed by atoms with E-state index in [2.05, 4.69) is 20.8 Å². The van der Waals surface area contributed by atoms with E-state index < -0.39 is 11.0 Å². The first kappa shape index (κ1) is 24.5. The summed E-state index contributed by atoms with van der Waals surface area (Å²) in [6, 6.07) is 9.65. The summed E-state index contributed by atoms with van der Waals surface area (Å²) in [7, 11) is 1.73. The predicted molar refractivity (Wildman–Crippen MR) is 126 cm³/mol. The number of hydrogen-bond acceptors (Lipinski definition) is 7. The van der Waals surface area contributed by atoms with Crippen molar-refractivity contribution in [1.82, 2.24) is 20.1 Å². The zero-order valence-corrected chi connectivity index (χ0v) is 19.7. The van der Waals surface area contributed by atoms with E-state index in [4.69, 9.17) is 23.2 Å². The summed E-state index contributed by atoms with van der Waals surface area (Å²) in [6.07, 6.45) is 0. The molecule has 1 aromatic heterocycles. The molecule has 3 aromatic rings. The Morgan fingerprint density at radius 3 is 2.52 bits per heavy atom. The third-order valence-electron chi connectivity index (χ3n) is 4.47. The summed E-state index contributed by atoms with van der Waals surface area (Å²) in [5.41, 5.74) is 0.670. The van der Waals surface area contributed by atoms with Crippen molar-refractivity contribution < 1.29 is 14.5 Å². The third kappa shape index (κ3) is 6.21. The quantitative estimate of drug-likeness (QED) is 0.264. The van der Waals surface area contributed by atoms with E-state index in [1.807, 2.05) is 0 Å². The Kier molecular flexibility index (Phi) is 7.90. The van der Waals surface area contributed by atoms with Crippen molar-refractivity contribution in [1.29, 1.82) is 0 Å². The first-order valence-electron chi connectivity index (χ1n) is 9.48. The topological polar surface area (TPSA) is 132 Å². The fourth-order valence-electron chi connectivity index (χ4n) is 2.84. The number of nitrogens with zero attached hydrogens (tertiary/aromatic N) is 4. The molecule has 2 aromatic carbocycles. The number of benzene rings is 2. The SMILES string of the molecule is C[C@@H](NC(=O)c1ccc(Cl)cc1Cl)c1nnc(SCC(=O)Nc2ccc([N+](=O)[O-])cc2)n1C. The Morgan fingerprint density at radius 1 is 1.18 bits per heavy atom. The Bertz CT molecular complexity index is 1200. The molecule has 0 bridgehead atoms. The summed E-state index contributed by atoms with van der Waals surface area (Å²) in [5.74, 6) is -0.155. The van der Waals surface area contributed by atoms with Gasteiger partial charge in [-0.3, -0.25) is 19.7 Å². The molecule has 0 radical (unpaired) electrons. The van der Waals surface area contributed by atoms with Gasteiger partial charge in [0, 0.05) is 29.9 Å². The van der Waals surface area contributed by atoms with Crippen molar-refractivity contribution in [3.8, 4) is 0 Å². The zero-order chi connectivity index (χ0) is 24.1. The van der Waals surface area contributed by atoms with Crippen molar-refractivity contribution >= 4 is 58.2 Å². The number of carbonyl (C=O) groups excluding carboxylic acids is 2. The molecule has 2 N–H and O–H groups in total. The summed E-state index contributed by atoms with van der Waals surface area (Å²) in [6.45, 7) is 1.75. The molecular weight excluding hydrogens is 491 g/mol. The first-order valence-corrected chi connectivity index (χ1v) is 11.2. The molecule has 0 spiro atoms. The Hall–Kier alpha value is -3.15. The van der Waals surface area contributed by atoms with Crippen molar-refractivity contribution in [3.05, 3.63) is 74.0 Å². The predicted octanol–water partition coefficient (Wildman–Crippen LogP) is 4.25. The van der Waals surface area contributed by atoms with Crippen molar-refractivity contribution in [2.24, 2.45) is 7.05 Å². The molecule has 0 fully saturated rings. The second-order valence-electron chi connectivity index (χ2n) is 6.86. The van der Waals surface area contributed by atoms with Crippen LogP contribution in [0.2, 0.25) is 10.0 Å². The Labute approximate surface area is 202 Å². The number of carbonyl (C=O) groups is 2. The van der Waals surface area contributed by atoms with Crippen LogP contribution >= 0.6 is 35.0 Å². The fourth-order valence-corrected chi connectivity index (χ4v) is 4.05. The standard InChI is InChI=1S/C20H18Cl2N6O4S/c1-11(23-19(30)15-8-3-12(21)9-16(15)22)18-25-26-20(27(18)2)33-10-17(29)24-13-4-6-14(7-5-13)28(31)32/h3-9,11H,10H2,1-2H3,(H,23,30)(H,24,29)/t11-/m1/s1. The minimum Gasteiger partial charge on any atom is -0.342 e. The number of thioether (sulfide) groups is 1. The number of nitro benzene ring substituents is 1. The van der Waals surface area contributed by atoms with Gasteiger partial charge in [-0.1, -0.05) is 35.0 Å². The van der Waals surface area contributed by atoms with Crippen LogP contribution in [0, 0.1) is 10.1 Å². The highest BCUT2D eigenvalue weighted by Crippen LogP contribution is 2.23. The Balaban J connectivity index is 1.57. The van der Waals surface area contributed by atoms with E-state index in [0.717, 1.165) is 11.8 Å². The molecule has 0 unspecified atom stereocenters. The second-order valence-corrected chi connectivity index (χ2v) is 8.65. The molecule has 0 aliphatic rings. The van der Waals surface area contributed by atoms with Crippen molar-refractivity contribution in [3.63, 3.8) is 0 Å². The molecule has 1 heterocycles. The molecule has 1 atom stereocenters. The van der Waals surface area contributed by atoms with E-state index >= 15 is 0 Å². The van der Waals surface area contributed by atoms with Crippen LogP contribution in [0.4, 0.5) is 11.4 Å². The first-order chi connectivity index (χ1) is 15.7. The summed E-state index contributed by atoms with van der Waals surface area (Å²) < 4.78 is 1.68. The average molecular weight is 509 g/mol. The molecule has 13 heteroatoms. The zero-order valence-electron chi connectivity index (χ0n) is 17.4. The number of anilines is 1. The number of amides is 2. The van der Waals surface area contributed by atoms with Crippen LogP contribution in [0.5, 0.6) is 0 Å². The van der Waals surface area contributed by atoms with Gasteiger partial charge in [0.15, 0.2) is 11.0 Å². The van der Waals surface area contributed by atoms with E-state index in [1.54, 1.807) is 24.6 Å². The number of rotatable bonds is 8. The molecule has 0 aliphatic carbocycles. The van der Waals surface area contributed by atoms with Crippen LogP contribution in [0.25, 0.3) is 0 Å². The van der Waals surface area contributed by atoms with Gasteiger partial charge in [0.25, 0.3) is 11.6 Å². The largest absolute Gasteiger partial charge is 0.342 e. The maximum atomic E-state index is 12.5. The van der Waals surface area contributed by atoms with E-state index in [-0.39, 0.29) is 33.8 Å². The van der Waals surface area contributed by atoms with Crippen LogP contribution in [0.3, 0.4) is 0 Å². The number of nitrogens with one attached hydrogen (secondary N) is 2. The highest BCUT2D eigenvalue weighted by molar-refractivity contribution is 7.99. The maximum Gasteiger partial charge on any atom is 0.269 e. The molecule has 0 saturated heterocycles. The number of halogens is 2.